The second-order valence-corrected chi connectivity index (χ2v) is 8.85. The SMILES string of the molecule is Cc1nc(-c2ccc(C)c(-n3cc(C(=O)Nc4cccc(CN5CCCC5)c4)c(C)n3)c2)no1. The highest BCUT2D eigenvalue weighted by molar-refractivity contribution is 6.05. The van der Waals surface area contributed by atoms with E-state index in [1.807, 2.05) is 44.2 Å². The van der Waals surface area contributed by atoms with Crippen molar-refractivity contribution in [2.24, 2.45) is 0 Å². The molecule has 0 bridgehead atoms. The fourth-order valence-corrected chi connectivity index (χ4v) is 4.36. The first-order valence-electron chi connectivity index (χ1n) is 11.6. The number of aromatic nitrogens is 4. The highest BCUT2D eigenvalue weighted by Crippen LogP contribution is 2.24. The molecule has 1 aliphatic heterocycles. The molecular formula is C26H28N6O2. The van der Waals surface area contributed by atoms with Crippen molar-refractivity contribution in [1.29, 1.82) is 0 Å². The predicted molar refractivity (Wildman–Crippen MR) is 130 cm³/mol. The lowest BCUT2D eigenvalue weighted by Crippen LogP contribution is -2.18. The summed E-state index contributed by atoms with van der Waals surface area (Å²) in [6, 6.07) is 14.0. The van der Waals surface area contributed by atoms with Gasteiger partial charge in [0.2, 0.25) is 11.7 Å². The van der Waals surface area contributed by atoms with E-state index in [0.717, 1.165) is 42.1 Å². The Balaban J connectivity index is 1.36. The van der Waals surface area contributed by atoms with Gasteiger partial charge < -0.3 is 9.84 Å². The van der Waals surface area contributed by atoms with Crippen molar-refractivity contribution in [2.45, 2.75) is 40.2 Å². The molecule has 4 aromatic rings. The fourth-order valence-electron chi connectivity index (χ4n) is 4.36. The van der Waals surface area contributed by atoms with Crippen LogP contribution < -0.4 is 5.32 Å². The Morgan fingerprint density at radius 1 is 1.09 bits per heavy atom. The minimum Gasteiger partial charge on any atom is -0.339 e. The van der Waals surface area contributed by atoms with E-state index in [0.29, 0.717) is 23.0 Å². The van der Waals surface area contributed by atoms with E-state index in [2.05, 4.69) is 37.6 Å². The third-order valence-corrected chi connectivity index (χ3v) is 6.17. The van der Waals surface area contributed by atoms with Crippen LogP contribution >= 0.6 is 0 Å². The van der Waals surface area contributed by atoms with Crippen LogP contribution in [0.1, 0.15) is 45.9 Å². The van der Waals surface area contributed by atoms with E-state index in [9.17, 15) is 4.79 Å². The number of nitrogens with zero attached hydrogens (tertiary/aromatic N) is 5. The monoisotopic (exact) mass is 456 g/mol. The summed E-state index contributed by atoms with van der Waals surface area (Å²) in [6.07, 6.45) is 4.29. The third-order valence-electron chi connectivity index (χ3n) is 6.17. The van der Waals surface area contributed by atoms with Gasteiger partial charge in [0.15, 0.2) is 0 Å². The lowest BCUT2D eigenvalue weighted by molar-refractivity contribution is 0.102. The maximum atomic E-state index is 13.1. The summed E-state index contributed by atoms with van der Waals surface area (Å²) in [6.45, 7) is 8.80. The zero-order valence-electron chi connectivity index (χ0n) is 19.7. The summed E-state index contributed by atoms with van der Waals surface area (Å²) in [5.41, 5.74) is 5.89. The number of nitrogens with one attached hydrogen (secondary N) is 1. The van der Waals surface area contributed by atoms with Crippen LogP contribution in [-0.2, 0) is 6.54 Å². The van der Waals surface area contributed by atoms with Crippen molar-refractivity contribution >= 4 is 11.6 Å². The van der Waals surface area contributed by atoms with Crippen LogP contribution in [0, 0.1) is 20.8 Å². The molecule has 0 atom stereocenters. The average Bonchev–Trinajstić information content (AvgIpc) is 3.56. The van der Waals surface area contributed by atoms with Crippen molar-refractivity contribution < 1.29 is 9.32 Å². The van der Waals surface area contributed by atoms with Gasteiger partial charge in [0.1, 0.15) is 0 Å². The number of carbonyl (C=O) groups excluding carboxylic acids is 1. The summed E-state index contributed by atoms with van der Waals surface area (Å²) < 4.78 is 6.85. The van der Waals surface area contributed by atoms with E-state index in [-0.39, 0.29) is 5.91 Å². The van der Waals surface area contributed by atoms with E-state index in [1.165, 1.54) is 18.4 Å². The number of hydrogen-bond donors (Lipinski definition) is 1. The molecule has 5 rings (SSSR count). The molecule has 1 N–H and O–H groups in total. The Bertz CT molecular complexity index is 1330. The van der Waals surface area contributed by atoms with Gasteiger partial charge in [-0.2, -0.15) is 10.1 Å². The smallest absolute Gasteiger partial charge is 0.259 e. The molecule has 2 aromatic carbocycles. The number of likely N-dealkylation sites (tertiary alicyclic amines) is 1. The number of anilines is 1. The van der Waals surface area contributed by atoms with Crippen molar-refractivity contribution in [1.82, 2.24) is 24.8 Å². The molecule has 2 aromatic heterocycles. The van der Waals surface area contributed by atoms with Gasteiger partial charge in [-0.1, -0.05) is 29.4 Å². The predicted octanol–water partition coefficient (Wildman–Crippen LogP) is 4.70. The molecule has 0 aliphatic carbocycles. The number of benzene rings is 2. The minimum absolute atomic E-state index is 0.176. The number of carbonyl (C=O) groups is 1. The van der Waals surface area contributed by atoms with Crippen LogP contribution in [0.25, 0.3) is 17.1 Å². The molecule has 1 amide bonds. The molecule has 3 heterocycles. The van der Waals surface area contributed by atoms with Gasteiger partial charge in [-0.05, 0) is 69.1 Å². The normalized spacial score (nSPS) is 14.0. The Morgan fingerprint density at radius 3 is 2.68 bits per heavy atom. The van der Waals surface area contributed by atoms with Crippen LogP contribution in [-0.4, -0.2) is 43.8 Å². The quantitative estimate of drug-likeness (QED) is 0.453. The zero-order valence-corrected chi connectivity index (χ0v) is 19.7. The van der Waals surface area contributed by atoms with Crippen molar-refractivity contribution in [3.05, 3.63) is 76.9 Å². The molecule has 0 saturated carbocycles. The van der Waals surface area contributed by atoms with Gasteiger partial charge >= 0.3 is 0 Å². The van der Waals surface area contributed by atoms with Gasteiger partial charge in [-0.3, -0.25) is 9.69 Å². The summed E-state index contributed by atoms with van der Waals surface area (Å²) in [5.74, 6) is 0.856. The fraction of sp³-hybridized carbons (Fsp3) is 0.308. The summed E-state index contributed by atoms with van der Waals surface area (Å²) in [7, 11) is 0. The number of aryl methyl sites for hydroxylation is 3. The Kier molecular flexibility index (Phi) is 5.98. The number of rotatable bonds is 6. The van der Waals surface area contributed by atoms with Crippen molar-refractivity contribution in [3.8, 4) is 17.1 Å². The largest absolute Gasteiger partial charge is 0.339 e. The maximum absolute atomic E-state index is 13.1. The van der Waals surface area contributed by atoms with Crippen molar-refractivity contribution in [2.75, 3.05) is 18.4 Å². The summed E-state index contributed by atoms with van der Waals surface area (Å²) in [4.78, 5) is 19.9. The highest BCUT2D eigenvalue weighted by Gasteiger charge is 2.17. The molecule has 174 valence electrons. The van der Waals surface area contributed by atoms with Crippen LogP contribution in [0.15, 0.2) is 53.2 Å². The first-order valence-corrected chi connectivity index (χ1v) is 11.6. The summed E-state index contributed by atoms with van der Waals surface area (Å²) in [5, 5.41) is 11.7. The lowest BCUT2D eigenvalue weighted by Gasteiger charge is -2.15. The van der Waals surface area contributed by atoms with Gasteiger partial charge in [0.05, 0.1) is 16.9 Å². The third kappa shape index (κ3) is 4.63. The molecule has 8 nitrogen and oxygen atoms in total. The second kappa shape index (κ2) is 9.23. The van der Waals surface area contributed by atoms with E-state index < -0.39 is 0 Å². The Morgan fingerprint density at radius 2 is 1.91 bits per heavy atom. The maximum Gasteiger partial charge on any atom is 0.259 e. The summed E-state index contributed by atoms with van der Waals surface area (Å²) >= 11 is 0. The minimum atomic E-state index is -0.176. The van der Waals surface area contributed by atoms with E-state index >= 15 is 0 Å². The van der Waals surface area contributed by atoms with Gasteiger partial charge in [-0.25, -0.2) is 4.68 Å². The number of hydrogen-bond acceptors (Lipinski definition) is 6. The standard InChI is InChI=1S/C26H28N6O2/c1-17-9-10-21(25-27-19(3)34-30-25)14-24(17)32-16-23(18(2)29-32)26(33)28-22-8-6-7-20(13-22)15-31-11-4-5-12-31/h6-10,13-14,16H,4-5,11-12,15H2,1-3H3,(H,28,33). The average molecular weight is 457 g/mol. The van der Waals surface area contributed by atoms with Crippen LogP contribution in [0.2, 0.25) is 0 Å². The first-order chi connectivity index (χ1) is 16.5. The van der Waals surface area contributed by atoms with Gasteiger partial charge in [-0.15, -0.1) is 0 Å². The highest BCUT2D eigenvalue weighted by atomic mass is 16.5. The topological polar surface area (TPSA) is 89.1 Å². The molecule has 1 fully saturated rings. The first kappa shape index (κ1) is 22.0. The molecule has 1 saturated heterocycles. The Labute approximate surface area is 198 Å². The number of amides is 1. The molecule has 0 spiro atoms. The van der Waals surface area contributed by atoms with Gasteiger partial charge in [0, 0.05) is 30.9 Å². The molecule has 0 radical (unpaired) electrons. The van der Waals surface area contributed by atoms with E-state index in [1.54, 1.807) is 17.8 Å². The van der Waals surface area contributed by atoms with Crippen LogP contribution in [0.3, 0.4) is 0 Å². The molecule has 34 heavy (non-hydrogen) atoms. The second-order valence-electron chi connectivity index (χ2n) is 8.85. The Hall–Kier alpha value is -3.78. The van der Waals surface area contributed by atoms with Crippen LogP contribution in [0.5, 0.6) is 0 Å². The molecule has 1 aliphatic rings. The van der Waals surface area contributed by atoms with Gasteiger partial charge in [0.25, 0.3) is 5.91 Å². The van der Waals surface area contributed by atoms with Crippen LogP contribution in [0.4, 0.5) is 5.69 Å². The molecular weight excluding hydrogens is 428 g/mol. The zero-order chi connectivity index (χ0) is 23.7. The lowest BCUT2D eigenvalue weighted by atomic mass is 10.1. The van der Waals surface area contributed by atoms with E-state index in [4.69, 9.17) is 4.52 Å². The van der Waals surface area contributed by atoms with Crippen molar-refractivity contribution in [3.63, 3.8) is 0 Å². The molecule has 8 heteroatoms. The molecule has 0 unspecified atom stereocenters.